The lowest BCUT2D eigenvalue weighted by Gasteiger charge is -2.30. The quantitative estimate of drug-likeness (QED) is 0.748. The summed E-state index contributed by atoms with van der Waals surface area (Å²) >= 11 is 5.79. The molecular formula is C17H26ClN3O3S. The lowest BCUT2D eigenvalue weighted by molar-refractivity contribution is -0.122. The molecule has 25 heavy (non-hydrogen) atoms. The summed E-state index contributed by atoms with van der Waals surface area (Å²) in [4.78, 5) is 12.4. The molecule has 6 nitrogen and oxygen atoms in total. The Kier molecular flexibility index (Phi) is 7.25. The predicted octanol–water partition coefficient (Wildman–Crippen LogP) is 1.98. The number of hydrogen-bond acceptors (Lipinski definition) is 4. The van der Waals surface area contributed by atoms with E-state index < -0.39 is 10.0 Å². The van der Waals surface area contributed by atoms with Gasteiger partial charge in [0.05, 0.1) is 11.4 Å². The summed E-state index contributed by atoms with van der Waals surface area (Å²) in [6.45, 7) is 0.123. The van der Waals surface area contributed by atoms with Crippen LogP contribution in [-0.4, -0.2) is 44.8 Å². The number of hydrogen-bond donors (Lipinski definition) is 2. The van der Waals surface area contributed by atoms with Crippen LogP contribution in [0.5, 0.6) is 0 Å². The first kappa shape index (κ1) is 20.2. The number of likely N-dealkylation sites (N-methyl/N-ethyl adjacent to an activating group) is 1. The zero-order chi connectivity index (χ0) is 18.4. The molecule has 1 saturated carbocycles. The molecule has 140 valence electrons. The van der Waals surface area contributed by atoms with Crippen LogP contribution in [0, 0.1) is 5.92 Å². The number of halogens is 1. The largest absolute Gasteiger partial charge is 0.351 e. The maximum Gasteiger partial charge on any atom is 0.243 e. The molecule has 0 aliphatic heterocycles. The van der Waals surface area contributed by atoms with E-state index in [0.29, 0.717) is 17.5 Å². The topological polar surface area (TPSA) is 92.5 Å². The van der Waals surface area contributed by atoms with Gasteiger partial charge in [-0.05, 0) is 43.0 Å². The van der Waals surface area contributed by atoms with Gasteiger partial charge in [0.25, 0.3) is 0 Å². The number of nitrogens with zero attached hydrogens (tertiary/aromatic N) is 1. The van der Waals surface area contributed by atoms with Crippen molar-refractivity contribution in [3.8, 4) is 0 Å². The van der Waals surface area contributed by atoms with Crippen molar-refractivity contribution in [1.29, 1.82) is 0 Å². The second-order valence-corrected chi connectivity index (χ2v) is 9.00. The van der Waals surface area contributed by atoms with Gasteiger partial charge in [-0.15, -0.1) is 0 Å². The normalized spacial score (nSPS) is 17.4. The molecule has 0 saturated heterocycles. The van der Waals surface area contributed by atoms with Gasteiger partial charge in [-0.25, -0.2) is 8.42 Å². The number of rotatable bonds is 7. The Morgan fingerprint density at radius 3 is 2.44 bits per heavy atom. The number of benzene rings is 1. The summed E-state index contributed by atoms with van der Waals surface area (Å²) < 4.78 is 26.1. The molecule has 1 amide bonds. The number of nitrogens with two attached hydrogens (primary N) is 1. The van der Waals surface area contributed by atoms with Gasteiger partial charge in [-0.2, -0.15) is 4.31 Å². The van der Waals surface area contributed by atoms with Crippen LogP contribution in [0.4, 0.5) is 0 Å². The molecule has 1 atom stereocenters. The van der Waals surface area contributed by atoms with Gasteiger partial charge < -0.3 is 11.1 Å². The fourth-order valence-corrected chi connectivity index (χ4v) is 4.49. The van der Waals surface area contributed by atoms with Gasteiger partial charge in [0.15, 0.2) is 0 Å². The summed E-state index contributed by atoms with van der Waals surface area (Å²) in [5.74, 6) is 0.0435. The van der Waals surface area contributed by atoms with E-state index >= 15 is 0 Å². The Morgan fingerprint density at radius 2 is 1.88 bits per heavy atom. The summed E-state index contributed by atoms with van der Waals surface area (Å²) in [5.41, 5.74) is 5.81. The molecule has 1 aromatic carbocycles. The maximum absolute atomic E-state index is 12.5. The Labute approximate surface area is 154 Å². The van der Waals surface area contributed by atoms with Crippen molar-refractivity contribution in [3.63, 3.8) is 0 Å². The summed E-state index contributed by atoms with van der Waals surface area (Å²) in [6.07, 6.45) is 5.65. The molecule has 0 bridgehead atoms. The molecule has 1 fully saturated rings. The third-order valence-corrected chi connectivity index (χ3v) is 6.78. The minimum Gasteiger partial charge on any atom is -0.351 e. The first-order valence-corrected chi connectivity index (χ1v) is 10.4. The molecule has 1 aromatic rings. The maximum atomic E-state index is 12.5. The Hall–Kier alpha value is -1.15. The Morgan fingerprint density at radius 1 is 1.28 bits per heavy atom. The van der Waals surface area contributed by atoms with Crippen molar-refractivity contribution in [1.82, 2.24) is 9.62 Å². The summed E-state index contributed by atoms with van der Waals surface area (Å²) in [6, 6.07) is 5.78. The number of carbonyl (C=O) groups is 1. The van der Waals surface area contributed by atoms with Crippen molar-refractivity contribution in [2.45, 2.75) is 43.0 Å². The molecule has 1 aliphatic carbocycles. The van der Waals surface area contributed by atoms with E-state index in [4.69, 9.17) is 17.3 Å². The number of nitrogens with one attached hydrogen (secondary N) is 1. The van der Waals surface area contributed by atoms with Crippen molar-refractivity contribution >= 4 is 27.5 Å². The monoisotopic (exact) mass is 387 g/mol. The summed E-state index contributed by atoms with van der Waals surface area (Å²) in [7, 11) is -2.35. The average molecular weight is 388 g/mol. The second-order valence-electron chi connectivity index (χ2n) is 6.52. The standard InChI is InChI=1S/C17H26ClN3O3S/c1-21(25(23,24)15-9-7-14(18)8-10-15)12-17(22)20-16(11-19)13-5-3-2-4-6-13/h7-10,13,16H,2-6,11-12,19H2,1H3,(H,20,22). The first-order valence-electron chi connectivity index (χ1n) is 8.56. The van der Waals surface area contributed by atoms with Crippen LogP contribution in [0.25, 0.3) is 0 Å². The van der Waals surface area contributed by atoms with Crippen LogP contribution in [0.15, 0.2) is 29.2 Å². The van der Waals surface area contributed by atoms with Crippen molar-refractivity contribution < 1.29 is 13.2 Å². The van der Waals surface area contributed by atoms with E-state index in [2.05, 4.69) is 5.32 Å². The highest BCUT2D eigenvalue weighted by Gasteiger charge is 2.27. The minimum atomic E-state index is -3.74. The van der Waals surface area contributed by atoms with E-state index in [0.717, 1.165) is 30.0 Å². The highest BCUT2D eigenvalue weighted by atomic mass is 35.5. The zero-order valence-corrected chi connectivity index (χ0v) is 16.0. The molecule has 1 unspecified atom stereocenters. The molecule has 0 aromatic heterocycles. The number of sulfonamides is 1. The SMILES string of the molecule is CN(CC(=O)NC(CN)C1CCCCC1)S(=O)(=O)c1ccc(Cl)cc1. The molecule has 2 rings (SSSR count). The van der Waals surface area contributed by atoms with Crippen LogP contribution >= 0.6 is 11.6 Å². The minimum absolute atomic E-state index is 0.0977. The third-order valence-electron chi connectivity index (χ3n) is 4.71. The molecule has 0 heterocycles. The Bertz CT molecular complexity index is 673. The number of amides is 1. The van der Waals surface area contributed by atoms with Gasteiger partial charge in [-0.3, -0.25) is 4.79 Å². The second kappa shape index (κ2) is 8.98. The third kappa shape index (κ3) is 5.41. The lowest BCUT2D eigenvalue weighted by atomic mass is 9.84. The van der Waals surface area contributed by atoms with E-state index in [1.165, 1.54) is 37.7 Å². The van der Waals surface area contributed by atoms with E-state index in [-0.39, 0.29) is 23.4 Å². The van der Waals surface area contributed by atoms with Gasteiger partial charge in [0.2, 0.25) is 15.9 Å². The summed E-state index contributed by atoms with van der Waals surface area (Å²) in [5, 5.41) is 3.36. The molecule has 3 N–H and O–H groups in total. The number of carbonyl (C=O) groups excluding carboxylic acids is 1. The first-order chi connectivity index (χ1) is 11.8. The fourth-order valence-electron chi connectivity index (χ4n) is 3.23. The Balaban J connectivity index is 1.97. The van der Waals surface area contributed by atoms with Crippen LogP contribution in [0.1, 0.15) is 32.1 Å². The molecule has 0 radical (unpaired) electrons. The van der Waals surface area contributed by atoms with E-state index in [1.54, 1.807) is 0 Å². The predicted molar refractivity (Wildman–Crippen MR) is 98.8 cm³/mol. The van der Waals surface area contributed by atoms with Crippen molar-refractivity contribution in [3.05, 3.63) is 29.3 Å². The van der Waals surface area contributed by atoms with Crippen LogP contribution in [-0.2, 0) is 14.8 Å². The van der Waals surface area contributed by atoms with Gasteiger partial charge in [0, 0.05) is 24.7 Å². The van der Waals surface area contributed by atoms with E-state index in [9.17, 15) is 13.2 Å². The fraction of sp³-hybridized carbons (Fsp3) is 0.588. The van der Waals surface area contributed by atoms with Crippen molar-refractivity contribution in [2.75, 3.05) is 20.1 Å². The molecular weight excluding hydrogens is 362 g/mol. The molecule has 8 heteroatoms. The molecule has 1 aliphatic rings. The van der Waals surface area contributed by atoms with E-state index in [1.807, 2.05) is 0 Å². The smallest absolute Gasteiger partial charge is 0.243 e. The highest BCUT2D eigenvalue weighted by molar-refractivity contribution is 7.89. The van der Waals surface area contributed by atoms with Gasteiger partial charge >= 0.3 is 0 Å². The van der Waals surface area contributed by atoms with Crippen LogP contribution in [0.2, 0.25) is 5.02 Å². The lowest BCUT2D eigenvalue weighted by Crippen LogP contribution is -2.49. The average Bonchev–Trinajstić information content (AvgIpc) is 2.60. The van der Waals surface area contributed by atoms with Crippen LogP contribution < -0.4 is 11.1 Å². The van der Waals surface area contributed by atoms with Gasteiger partial charge in [-0.1, -0.05) is 30.9 Å². The molecule has 0 spiro atoms. The highest BCUT2D eigenvalue weighted by Crippen LogP contribution is 2.26. The van der Waals surface area contributed by atoms with Crippen molar-refractivity contribution in [2.24, 2.45) is 11.7 Å². The zero-order valence-electron chi connectivity index (χ0n) is 14.4. The van der Waals surface area contributed by atoms with Crippen LogP contribution in [0.3, 0.4) is 0 Å². The van der Waals surface area contributed by atoms with Gasteiger partial charge in [0.1, 0.15) is 0 Å².